The van der Waals surface area contributed by atoms with Crippen LogP contribution in [0.3, 0.4) is 0 Å². The monoisotopic (exact) mass is 353 g/mol. The maximum atomic E-state index is 10.6. The molecule has 4 nitrogen and oxygen atoms in total. The lowest BCUT2D eigenvalue weighted by atomic mass is 10.1. The highest BCUT2D eigenvalue weighted by Gasteiger charge is 2.12. The predicted octanol–water partition coefficient (Wildman–Crippen LogP) is 4.99. The first-order valence-corrected chi connectivity index (χ1v) is 8.11. The molecule has 126 valence electrons. The maximum absolute atomic E-state index is 10.6. The van der Waals surface area contributed by atoms with Crippen molar-refractivity contribution in [1.29, 1.82) is 0 Å². The van der Waals surface area contributed by atoms with E-state index in [1.807, 2.05) is 55.5 Å². The molecule has 0 saturated heterocycles. The van der Waals surface area contributed by atoms with Gasteiger partial charge in [-0.3, -0.25) is 0 Å². The van der Waals surface area contributed by atoms with Crippen molar-refractivity contribution < 1.29 is 14.3 Å². The third-order valence-corrected chi connectivity index (χ3v) is 3.92. The number of halogens is 1. The Morgan fingerprint density at radius 1 is 1.24 bits per heavy atom. The van der Waals surface area contributed by atoms with Crippen molar-refractivity contribution in [3.63, 3.8) is 0 Å². The molecule has 0 bridgehead atoms. The molecule has 3 rings (SSSR count). The van der Waals surface area contributed by atoms with Gasteiger partial charge in [0.25, 0.3) is 0 Å². The molecule has 5 heteroatoms. The van der Waals surface area contributed by atoms with Crippen LogP contribution in [0.15, 0.2) is 59.0 Å². The largest absolute Gasteiger partial charge is 0.478 e. The Bertz CT molecular complexity index is 926. The number of benzene rings is 2. The van der Waals surface area contributed by atoms with Crippen LogP contribution < -0.4 is 0 Å². The number of nitrogens with zero attached hydrogens (tertiary/aromatic N) is 1. The zero-order valence-electron chi connectivity index (χ0n) is 13.6. The Morgan fingerprint density at radius 2 is 2.00 bits per heavy atom. The van der Waals surface area contributed by atoms with Gasteiger partial charge in [-0.05, 0) is 36.3 Å². The summed E-state index contributed by atoms with van der Waals surface area (Å²) in [6, 6.07) is 15.1. The fourth-order valence-electron chi connectivity index (χ4n) is 2.54. The van der Waals surface area contributed by atoms with Gasteiger partial charge in [-0.25, -0.2) is 9.78 Å². The van der Waals surface area contributed by atoms with Gasteiger partial charge in [0.05, 0.1) is 0 Å². The maximum Gasteiger partial charge on any atom is 0.328 e. The Kier molecular flexibility index (Phi) is 5.00. The molecule has 2 aromatic carbocycles. The van der Waals surface area contributed by atoms with Gasteiger partial charge >= 0.3 is 5.97 Å². The number of carbonyl (C=O) groups is 1. The number of hydrogen-bond donors (Lipinski definition) is 1. The zero-order valence-corrected chi connectivity index (χ0v) is 14.3. The fourth-order valence-corrected chi connectivity index (χ4v) is 2.75. The van der Waals surface area contributed by atoms with Crippen LogP contribution in [0.25, 0.3) is 17.3 Å². The summed E-state index contributed by atoms with van der Waals surface area (Å²) in [7, 11) is 0. The quantitative estimate of drug-likeness (QED) is 0.656. The number of oxazole rings is 1. The van der Waals surface area contributed by atoms with Gasteiger partial charge in [0.2, 0.25) is 0 Å². The molecule has 1 aromatic heterocycles. The number of hydrogen-bond acceptors (Lipinski definition) is 3. The molecule has 0 atom stereocenters. The zero-order chi connectivity index (χ0) is 17.8. The van der Waals surface area contributed by atoms with Gasteiger partial charge in [-0.15, -0.1) is 0 Å². The number of carboxylic acids is 1. The van der Waals surface area contributed by atoms with Crippen LogP contribution in [0.2, 0.25) is 5.02 Å². The number of aromatic nitrogens is 1. The minimum Gasteiger partial charge on any atom is -0.478 e. The number of aryl methyl sites for hydroxylation is 1. The van der Waals surface area contributed by atoms with E-state index in [9.17, 15) is 4.79 Å². The van der Waals surface area contributed by atoms with E-state index in [0.717, 1.165) is 34.2 Å². The average molecular weight is 354 g/mol. The summed E-state index contributed by atoms with van der Waals surface area (Å²) in [6.45, 7) is 1.88. The van der Waals surface area contributed by atoms with Gasteiger partial charge in [-0.2, -0.15) is 0 Å². The normalized spacial score (nSPS) is 11.1. The molecular weight excluding hydrogens is 338 g/mol. The molecule has 0 saturated carbocycles. The lowest BCUT2D eigenvalue weighted by Gasteiger charge is -1.99. The van der Waals surface area contributed by atoms with Crippen molar-refractivity contribution >= 4 is 23.6 Å². The van der Waals surface area contributed by atoms with Crippen molar-refractivity contribution in [1.82, 2.24) is 4.98 Å². The molecule has 0 amide bonds. The highest BCUT2D eigenvalue weighted by Crippen LogP contribution is 2.25. The minimum atomic E-state index is -0.970. The summed E-state index contributed by atoms with van der Waals surface area (Å²) in [5.41, 5.74) is 3.55. The van der Waals surface area contributed by atoms with Gasteiger partial charge in [-0.1, -0.05) is 48.0 Å². The summed E-state index contributed by atoms with van der Waals surface area (Å²) >= 11 is 6.01. The lowest BCUT2D eigenvalue weighted by Crippen LogP contribution is -1.88. The van der Waals surface area contributed by atoms with Crippen molar-refractivity contribution in [3.05, 3.63) is 82.4 Å². The second kappa shape index (κ2) is 7.36. The predicted molar refractivity (Wildman–Crippen MR) is 97.6 cm³/mol. The van der Waals surface area contributed by atoms with E-state index in [1.54, 1.807) is 6.08 Å². The minimum absolute atomic E-state index is 0.570. The van der Waals surface area contributed by atoms with Crippen LogP contribution in [-0.4, -0.2) is 16.1 Å². The lowest BCUT2D eigenvalue weighted by molar-refractivity contribution is -0.131. The van der Waals surface area contributed by atoms with Crippen molar-refractivity contribution in [2.75, 3.05) is 0 Å². The number of carboxylic acid groups (broad SMARTS) is 1. The second-order valence-electron chi connectivity index (χ2n) is 5.61. The molecule has 0 aliphatic rings. The molecule has 0 aliphatic heterocycles. The van der Waals surface area contributed by atoms with Crippen LogP contribution in [0.1, 0.15) is 22.8 Å². The van der Waals surface area contributed by atoms with E-state index in [2.05, 4.69) is 4.98 Å². The van der Waals surface area contributed by atoms with Crippen LogP contribution >= 0.6 is 11.6 Å². The van der Waals surface area contributed by atoms with E-state index in [-0.39, 0.29) is 0 Å². The Balaban J connectivity index is 1.81. The standard InChI is InChI=1S/C20H16ClNO3/c1-13-20(16-8-5-14(6-9-16)7-10-19(23)24)22-18(25-13)12-15-3-2-4-17(21)11-15/h2-11H,12H2,1H3,(H,23,24)/b10-7+. The van der Waals surface area contributed by atoms with Crippen molar-refractivity contribution in [2.24, 2.45) is 0 Å². The van der Waals surface area contributed by atoms with Gasteiger partial charge < -0.3 is 9.52 Å². The fraction of sp³-hybridized carbons (Fsp3) is 0.100. The first kappa shape index (κ1) is 17.0. The Morgan fingerprint density at radius 3 is 2.68 bits per heavy atom. The topological polar surface area (TPSA) is 63.3 Å². The van der Waals surface area contributed by atoms with Crippen molar-refractivity contribution in [2.45, 2.75) is 13.3 Å². The summed E-state index contributed by atoms with van der Waals surface area (Å²) in [5, 5.41) is 9.35. The first-order valence-electron chi connectivity index (χ1n) is 7.73. The van der Waals surface area contributed by atoms with E-state index in [1.165, 1.54) is 0 Å². The van der Waals surface area contributed by atoms with Crippen molar-refractivity contribution in [3.8, 4) is 11.3 Å². The second-order valence-corrected chi connectivity index (χ2v) is 6.05. The van der Waals surface area contributed by atoms with Gasteiger partial charge in [0, 0.05) is 23.1 Å². The van der Waals surface area contributed by atoms with Gasteiger partial charge in [0.15, 0.2) is 5.89 Å². The van der Waals surface area contributed by atoms with Gasteiger partial charge in [0.1, 0.15) is 11.5 Å². The molecule has 25 heavy (non-hydrogen) atoms. The third-order valence-electron chi connectivity index (χ3n) is 3.69. The van der Waals surface area contributed by atoms with E-state index in [0.29, 0.717) is 17.3 Å². The van der Waals surface area contributed by atoms with Crippen LogP contribution in [-0.2, 0) is 11.2 Å². The summed E-state index contributed by atoms with van der Waals surface area (Å²) in [4.78, 5) is 15.1. The SMILES string of the molecule is Cc1oc(Cc2cccc(Cl)c2)nc1-c1ccc(/C=C/C(=O)O)cc1. The molecule has 0 radical (unpaired) electrons. The summed E-state index contributed by atoms with van der Waals surface area (Å²) in [6.07, 6.45) is 3.23. The highest BCUT2D eigenvalue weighted by molar-refractivity contribution is 6.30. The number of aliphatic carboxylic acids is 1. The van der Waals surface area contributed by atoms with Crippen LogP contribution in [0, 0.1) is 6.92 Å². The van der Waals surface area contributed by atoms with Crippen LogP contribution in [0.4, 0.5) is 0 Å². The summed E-state index contributed by atoms with van der Waals surface area (Å²) in [5.74, 6) is 0.401. The molecular formula is C20H16ClNO3. The smallest absolute Gasteiger partial charge is 0.328 e. The summed E-state index contributed by atoms with van der Waals surface area (Å²) < 4.78 is 5.78. The molecule has 0 unspecified atom stereocenters. The van der Waals surface area contributed by atoms with E-state index < -0.39 is 5.97 Å². The molecule has 0 aliphatic carbocycles. The average Bonchev–Trinajstić information content (AvgIpc) is 2.94. The highest BCUT2D eigenvalue weighted by atomic mass is 35.5. The molecule has 0 spiro atoms. The Labute approximate surface area is 150 Å². The van der Waals surface area contributed by atoms with E-state index >= 15 is 0 Å². The Hall–Kier alpha value is -2.85. The van der Waals surface area contributed by atoms with Crippen LogP contribution in [0.5, 0.6) is 0 Å². The molecule has 1 heterocycles. The molecule has 1 N–H and O–H groups in total. The number of rotatable bonds is 5. The first-order chi connectivity index (χ1) is 12.0. The molecule has 3 aromatic rings. The molecule has 0 fully saturated rings. The van der Waals surface area contributed by atoms with E-state index in [4.69, 9.17) is 21.1 Å². The third kappa shape index (κ3) is 4.37.